The summed E-state index contributed by atoms with van der Waals surface area (Å²) in [5, 5.41) is 12.7. The van der Waals surface area contributed by atoms with Gasteiger partial charge in [0.2, 0.25) is 0 Å². The second-order valence-corrected chi connectivity index (χ2v) is 18.3. The summed E-state index contributed by atoms with van der Waals surface area (Å²) in [6, 6.07) is 91.3. The fourth-order valence-corrected chi connectivity index (χ4v) is 10.2. The predicted molar refractivity (Wildman–Crippen MR) is 298 cm³/mol. The van der Waals surface area contributed by atoms with Gasteiger partial charge in [-0.15, -0.1) is 0 Å². The number of pyridine rings is 1. The maximum absolute atomic E-state index is 12.7. The quantitative estimate of drug-likeness (QED) is 0.141. The Kier molecular flexibility index (Phi) is 11.7. The second-order valence-electron chi connectivity index (χ2n) is 18.3. The molecule has 0 saturated heterocycles. The minimum absolute atomic E-state index is 0.0807. The van der Waals surface area contributed by atoms with Crippen molar-refractivity contribution < 1.29 is 5.11 Å². The van der Waals surface area contributed by atoms with Gasteiger partial charge in [-0.2, -0.15) is 0 Å². The minimum Gasteiger partial charge on any atom is -0.507 e. The van der Waals surface area contributed by atoms with Gasteiger partial charge in [0.25, 0.3) is 0 Å². The number of phenolic OH excluding ortho intramolecular Hbond substituents is 1. The number of fused-ring (bicyclic) bond motifs is 1. The lowest BCUT2D eigenvalue weighted by molar-refractivity contribution is 0.479. The summed E-state index contributed by atoms with van der Waals surface area (Å²) < 4.78 is 2.30. The van der Waals surface area contributed by atoms with Crippen LogP contribution in [0.15, 0.2) is 267 Å². The number of aromatic hydroxyl groups is 1. The second kappa shape index (κ2) is 19.2. The molecule has 4 nitrogen and oxygen atoms in total. The third-order valence-corrected chi connectivity index (χ3v) is 13.9. The van der Waals surface area contributed by atoms with E-state index in [1.165, 1.54) is 11.1 Å². The Labute approximate surface area is 420 Å². The molecule has 0 aliphatic heterocycles. The Morgan fingerprint density at radius 1 is 0.361 bits per heavy atom. The highest BCUT2D eigenvalue weighted by molar-refractivity contribution is 6.01. The molecule has 2 aromatic heterocycles. The van der Waals surface area contributed by atoms with E-state index in [0.29, 0.717) is 11.4 Å². The predicted octanol–water partition coefficient (Wildman–Crippen LogP) is 17.6. The Balaban J connectivity index is 1.17. The molecule has 10 aromatic carbocycles. The maximum Gasteiger partial charge on any atom is 0.149 e. The Bertz CT molecular complexity index is 3790. The van der Waals surface area contributed by atoms with Crippen molar-refractivity contribution in [3.63, 3.8) is 0 Å². The van der Waals surface area contributed by atoms with Gasteiger partial charge in [0.05, 0.1) is 28.0 Å². The van der Waals surface area contributed by atoms with E-state index in [4.69, 9.17) is 9.97 Å². The van der Waals surface area contributed by atoms with Gasteiger partial charge in [-0.05, 0) is 104 Å². The molecule has 0 radical (unpaired) electrons. The van der Waals surface area contributed by atoms with Crippen LogP contribution in [-0.4, -0.2) is 19.6 Å². The molecule has 0 saturated carbocycles. The fraction of sp³-hybridized carbons (Fsp3) is 0.0294. The molecule has 0 amide bonds. The molecule has 4 heteroatoms. The molecular formula is C68H49N3O. The zero-order valence-electron chi connectivity index (χ0n) is 39.8. The molecule has 342 valence electrons. The summed E-state index contributed by atoms with van der Waals surface area (Å²) in [5.41, 5.74) is 19.9. The van der Waals surface area contributed by atoms with E-state index in [9.17, 15) is 5.11 Å². The van der Waals surface area contributed by atoms with Gasteiger partial charge < -0.3 is 5.11 Å². The van der Waals surface area contributed by atoms with Crippen molar-refractivity contribution in [2.24, 2.45) is 0 Å². The van der Waals surface area contributed by atoms with Crippen LogP contribution in [0.1, 0.15) is 24.0 Å². The summed E-state index contributed by atoms with van der Waals surface area (Å²) >= 11 is 0. The zero-order valence-corrected chi connectivity index (χ0v) is 39.8. The van der Waals surface area contributed by atoms with Crippen LogP contribution in [0.2, 0.25) is 0 Å². The number of rotatable bonds is 11. The summed E-state index contributed by atoms with van der Waals surface area (Å²) in [4.78, 5) is 10.8. The third-order valence-electron chi connectivity index (χ3n) is 13.9. The van der Waals surface area contributed by atoms with Crippen LogP contribution >= 0.6 is 0 Å². The molecule has 12 aromatic rings. The van der Waals surface area contributed by atoms with Gasteiger partial charge in [-0.3, -0.25) is 9.55 Å². The minimum atomic E-state index is 0.0807. The van der Waals surface area contributed by atoms with Crippen molar-refractivity contribution in [1.82, 2.24) is 14.5 Å². The maximum atomic E-state index is 12.7. The monoisotopic (exact) mass is 923 g/mol. The van der Waals surface area contributed by atoms with E-state index in [0.717, 1.165) is 94.7 Å². The van der Waals surface area contributed by atoms with Crippen LogP contribution in [0, 0.1) is 0 Å². The topological polar surface area (TPSA) is 50.9 Å². The first-order valence-electron chi connectivity index (χ1n) is 24.5. The standard InChI is InChI=1S/C68H49N3O/c1-46(47-22-8-2-9-23-47)54-40-56(42-57(41-54)63-45-53(38-39-69-63)48-24-10-3-11-25-48)58-34-21-37-64-65(58)70-68(60-36-20-35-59(67(60)72)50-28-14-5-15-29-50)71(64)66-61(51-30-16-6-17-31-51)43-55(49-26-12-4-13-27-49)44-62(66)52-32-18-7-19-33-52/h2-46,72H,1H3. The molecule has 2 heterocycles. The van der Waals surface area contributed by atoms with Gasteiger partial charge in [0.1, 0.15) is 11.6 Å². The van der Waals surface area contributed by atoms with Crippen LogP contribution in [0.4, 0.5) is 0 Å². The van der Waals surface area contributed by atoms with Crippen molar-refractivity contribution in [2.45, 2.75) is 12.8 Å². The van der Waals surface area contributed by atoms with E-state index in [2.05, 4.69) is 218 Å². The van der Waals surface area contributed by atoms with E-state index in [1.54, 1.807) is 0 Å². The lowest BCUT2D eigenvalue weighted by atomic mass is 9.88. The lowest BCUT2D eigenvalue weighted by Crippen LogP contribution is -2.04. The average molecular weight is 924 g/mol. The summed E-state index contributed by atoms with van der Waals surface area (Å²) in [6.07, 6.45) is 1.91. The normalized spacial score (nSPS) is 11.7. The van der Waals surface area contributed by atoms with Crippen LogP contribution in [0.3, 0.4) is 0 Å². The molecule has 1 atom stereocenters. The van der Waals surface area contributed by atoms with Crippen molar-refractivity contribution in [3.8, 4) is 101 Å². The Morgan fingerprint density at radius 3 is 1.44 bits per heavy atom. The molecule has 0 aliphatic rings. The molecule has 72 heavy (non-hydrogen) atoms. The zero-order chi connectivity index (χ0) is 48.4. The van der Waals surface area contributed by atoms with Gasteiger partial charge in [-0.1, -0.05) is 219 Å². The number of aromatic nitrogens is 3. The van der Waals surface area contributed by atoms with Crippen LogP contribution < -0.4 is 0 Å². The average Bonchev–Trinajstić information content (AvgIpc) is 3.85. The molecule has 1 N–H and O–H groups in total. The molecular weight excluding hydrogens is 875 g/mol. The van der Waals surface area contributed by atoms with Crippen LogP contribution in [-0.2, 0) is 0 Å². The number of phenols is 1. The van der Waals surface area contributed by atoms with Crippen LogP contribution in [0.25, 0.3) is 106 Å². The number of para-hydroxylation sites is 2. The molecule has 0 fully saturated rings. The smallest absolute Gasteiger partial charge is 0.149 e. The highest BCUT2D eigenvalue weighted by atomic mass is 16.3. The lowest BCUT2D eigenvalue weighted by Gasteiger charge is -2.22. The van der Waals surface area contributed by atoms with Crippen molar-refractivity contribution in [3.05, 3.63) is 278 Å². The van der Waals surface area contributed by atoms with Gasteiger partial charge in [0, 0.05) is 39.9 Å². The van der Waals surface area contributed by atoms with Crippen molar-refractivity contribution in [1.29, 1.82) is 0 Å². The molecule has 1 unspecified atom stereocenters. The number of imidazole rings is 1. The van der Waals surface area contributed by atoms with E-state index in [1.807, 2.05) is 60.8 Å². The van der Waals surface area contributed by atoms with Gasteiger partial charge in [-0.25, -0.2) is 4.98 Å². The van der Waals surface area contributed by atoms with Crippen molar-refractivity contribution >= 4 is 11.0 Å². The first kappa shape index (κ1) is 43.9. The Morgan fingerprint density at radius 2 is 0.847 bits per heavy atom. The third kappa shape index (κ3) is 8.35. The van der Waals surface area contributed by atoms with E-state index < -0.39 is 0 Å². The first-order chi connectivity index (χ1) is 35.6. The number of nitrogens with zero attached hydrogens (tertiary/aromatic N) is 3. The highest BCUT2D eigenvalue weighted by Gasteiger charge is 2.27. The van der Waals surface area contributed by atoms with E-state index in [-0.39, 0.29) is 11.7 Å². The van der Waals surface area contributed by atoms with Crippen LogP contribution in [0.5, 0.6) is 5.75 Å². The molecule has 0 bridgehead atoms. The summed E-state index contributed by atoms with van der Waals surface area (Å²) in [6.45, 7) is 2.28. The summed E-state index contributed by atoms with van der Waals surface area (Å²) in [7, 11) is 0. The van der Waals surface area contributed by atoms with Gasteiger partial charge in [0.15, 0.2) is 0 Å². The number of hydrogen-bond acceptors (Lipinski definition) is 3. The highest BCUT2D eigenvalue weighted by Crippen LogP contribution is 2.47. The van der Waals surface area contributed by atoms with Gasteiger partial charge >= 0.3 is 0 Å². The molecule has 0 aliphatic carbocycles. The molecule has 0 spiro atoms. The van der Waals surface area contributed by atoms with E-state index >= 15 is 0 Å². The number of benzene rings is 10. The summed E-state index contributed by atoms with van der Waals surface area (Å²) in [5.74, 6) is 0.869. The van der Waals surface area contributed by atoms with Crippen molar-refractivity contribution in [2.75, 3.05) is 0 Å². The largest absolute Gasteiger partial charge is 0.507 e. The Hall–Kier alpha value is -9.38. The molecule has 12 rings (SSSR count). The first-order valence-corrected chi connectivity index (χ1v) is 24.5. The number of hydrogen-bond donors (Lipinski definition) is 1. The fourth-order valence-electron chi connectivity index (χ4n) is 10.2. The SMILES string of the molecule is CC(c1ccccc1)c1cc(-c2cc(-c3ccccc3)ccn2)cc(-c2cccc3c2nc(-c2cccc(-c4ccccc4)c2O)n3-c2c(-c3ccccc3)cc(-c3ccccc3)cc2-c2ccccc2)c1.